The summed E-state index contributed by atoms with van der Waals surface area (Å²) in [6, 6.07) is 4.62. The quantitative estimate of drug-likeness (QED) is 0.912. The molecule has 0 aliphatic heterocycles. The lowest BCUT2D eigenvalue weighted by atomic mass is 9.89. The summed E-state index contributed by atoms with van der Waals surface area (Å²) < 4.78 is 4.18. The Morgan fingerprint density at radius 3 is 2.74 bits per heavy atom. The normalized spacial score (nSPS) is 13.7. The van der Waals surface area contributed by atoms with Crippen LogP contribution in [-0.2, 0) is 11.8 Å². The molecule has 2 rings (SSSR count). The fourth-order valence-corrected chi connectivity index (χ4v) is 3.77. The van der Waals surface area contributed by atoms with E-state index in [4.69, 9.17) is 0 Å². The second-order valence-electron chi connectivity index (χ2n) is 5.63. The van der Waals surface area contributed by atoms with Crippen molar-refractivity contribution in [2.75, 3.05) is 6.54 Å². The van der Waals surface area contributed by atoms with Gasteiger partial charge >= 0.3 is 0 Å². The number of aromatic nitrogens is 2. The van der Waals surface area contributed by atoms with Crippen molar-refractivity contribution < 1.29 is 0 Å². The molecular weight excluding hydrogens is 274 g/mol. The van der Waals surface area contributed by atoms with Crippen LogP contribution < -0.4 is 5.32 Å². The van der Waals surface area contributed by atoms with Gasteiger partial charge in [0.1, 0.15) is 0 Å². The minimum Gasteiger partial charge on any atom is -0.309 e. The molecule has 2 aromatic heterocycles. The average Bonchev–Trinajstić information content (AvgIpc) is 2.98. The van der Waals surface area contributed by atoms with Crippen LogP contribution in [0, 0.1) is 0 Å². The third-order valence-corrected chi connectivity index (χ3v) is 4.71. The molecule has 0 spiro atoms. The Morgan fingerprint density at radius 2 is 2.16 bits per heavy atom. The molecule has 1 unspecified atom stereocenters. The molecule has 0 radical (unpaired) electrons. The summed E-state index contributed by atoms with van der Waals surface area (Å²) in [6.45, 7) is 9.69. The van der Waals surface area contributed by atoms with Crippen molar-refractivity contribution in [1.82, 2.24) is 14.9 Å². The van der Waals surface area contributed by atoms with E-state index in [0.29, 0.717) is 6.04 Å². The van der Waals surface area contributed by atoms with Gasteiger partial charge in [-0.05, 0) is 29.5 Å². The predicted octanol–water partition coefficient (Wildman–Crippen LogP) is 3.79. The number of rotatable bonds is 5. The summed E-state index contributed by atoms with van der Waals surface area (Å²) in [5, 5.41) is 10.1. The SMILES string of the molecule is CCNC(Cc1cccs1)c1snnc1C(C)(C)C. The third kappa shape index (κ3) is 3.61. The van der Waals surface area contributed by atoms with Gasteiger partial charge in [-0.3, -0.25) is 0 Å². The minimum absolute atomic E-state index is 0.0471. The zero-order valence-corrected chi connectivity index (χ0v) is 13.6. The molecule has 3 nitrogen and oxygen atoms in total. The van der Waals surface area contributed by atoms with Gasteiger partial charge in [-0.1, -0.05) is 38.2 Å². The van der Waals surface area contributed by atoms with E-state index < -0.39 is 0 Å². The Morgan fingerprint density at radius 1 is 1.37 bits per heavy atom. The molecular formula is C14H21N3S2. The topological polar surface area (TPSA) is 37.8 Å². The number of likely N-dealkylation sites (N-methyl/N-ethyl adjacent to an activating group) is 1. The van der Waals surface area contributed by atoms with Crippen molar-refractivity contribution in [2.45, 2.75) is 45.6 Å². The Bertz CT molecular complexity index is 497. The lowest BCUT2D eigenvalue weighted by Gasteiger charge is -2.22. The van der Waals surface area contributed by atoms with Crippen molar-refractivity contribution in [1.29, 1.82) is 0 Å². The lowest BCUT2D eigenvalue weighted by molar-refractivity contribution is 0.516. The van der Waals surface area contributed by atoms with Crippen LogP contribution in [0.2, 0.25) is 0 Å². The van der Waals surface area contributed by atoms with Crippen LogP contribution in [0.25, 0.3) is 0 Å². The number of nitrogens with zero attached hydrogens (tertiary/aromatic N) is 2. The van der Waals surface area contributed by atoms with E-state index in [1.54, 1.807) is 0 Å². The van der Waals surface area contributed by atoms with Crippen LogP contribution in [0.4, 0.5) is 0 Å². The first-order valence-electron chi connectivity index (χ1n) is 6.61. The fraction of sp³-hybridized carbons (Fsp3) is 0.571. The van der Waals surface area contributed by atoms with Crippen molar-refractivity contribution in [3.8, 4) is 0 Å². The Labute approximate surface area is 123 Å². The summed E-state index contributed by atoms with van der Waals surface area (Å²) >= 11 is 3.34. The summed E-state index contributed by atoms with van der Waals surface area (Å²) in [7, 11) is 0. The van der Waals surface area contributed by atoms with Crippen molar-refractivity contribution in [3.05, 3.63) is 33.0 Å². The molecule has 0 bridgehead atoms. The van der Waals surface area contributed by atoms with E-state index >= 15 is 0 Å². The first-order valence-corrected chi connectivity index (χ1v) is 8.26. The van der Waals surface area contributed by atoms with E-state index in [1.165, 1.54) is 21.3 Å². The maximum atomic E-state index is 4.35. The van der Waals surface area contributed by atoms with Crippen LogP contribution in [0.1, 0.15) is 49.2 Å². The Hall–Kier alpha value is -0.780. The first kappa shape index (κ1) is 14.6. The summed E-state index contributed by atoms with van der Waals surface area (Å²) in [5.74, 6) is 0. The number of thiophene rings is 1. The second kappa shape index (κ2) is 6.11. The van der Waals surface area contributed by atoms with Gasteiger partial charge in [0.05, 0.1) is 10.6 Å². The molecule has 104 valence electrons. The van der Waals surface area contributed by atoms with Crippen molar-refractivity contribution in [3.63, 3.8) is 0 Å². The van der Waals surface area contributed by atoms with Gasteiger partial charge in [0, 0.05) is 22.8 Å². The number of nitrogens with one attached hydrogen (secondary N) is 1. The van der Waals surface area contributed by atoms with Crippen LogP contribution in [0.3, 0.4) is 0 Å². The standard InChI is InChI=1S/C14H21N3S2/c1-5-15-11(9-10-7-6-8-18-10)12-13(14(2,3)4)16-17-19-12/h6-8,11,15H,5,9H2,1-4H3. The third-order valence-electron chi connectivity index (χ3n) is 2.98. The average molecular weight is 295 g/mol. The monoisotopic (exact) mass is 295 g/mol. The van der Waals surface area contributed by atoms with E-state index in [1.807, 2.05) is 11.3 Å². The molecule has 5 heteroatoms. The Kier molecular flexibility index (Phi) is 4.71. The highest BCUT2D eigenvalue weighted by atomic mass is 32.1. The number of hydrogen-bond donors (Lipinski definition) is 1. The van der Waals surface area contributed by atoms with E-state index in [2.05, 4.69) is 60.1 Å². The number of hydrogen-bond acceptors (Lipinski definition) is 5. The van der Waals surface area contributed by atoms with Crippen molar-refractivity contribution in [2.24, 2.45) is 0 Å². The molecule has 0 amide bonds. The maximum Gasteiger partial charge on any atom is 0.0857 e. The minimum atomic E-state index is 0.0471. The first-order chi connectivity index (χ1) is 9.02. The lowest BCUT2D eigenvalue weighted by Crippen LogP contribution is -2.25. The van der Waals surface area contributed by atoms with E-state index in [-0.39, 0.29) is 5.41 Å². The fourth-order valence-electron chi connectivity index (χ4n) is 2.08. The molecule has 1 atom stereocenters. The molecule has 2 aromatic rings. The molecule has 1 N–H and O–H groups in total. The largest absolute Gasteiger partial charge is 0.309 e. The summed E-state index contributed by atoms with van der Waals surface area (Å²) in [6.07, 6.45) is 1.01. The summed E-state index contributed by atoms with van der Waals surface area (Å²) in [5.41, 5.74) is 1.17. The highest BCUT2D eigenvalue weighted by Gasteiger charge is 2.27. The zero-order valence-electron chi connectivity index (χ0n) is 11.9. The molecule has 0 saturated carbocycles. The molecule has 19 heavy (non-hydrogen) atoms. The van der Waals surface area contributed by atoms with E-state index in [0.717, 1.165) is 18.7 Å². The summed E-state index contributed by atoms with van der Waals surface area (Å²) in [4.78, 5) is 2.68. The van der Waals surface area contributed by atoms with Gasteiger partial charge < -0.3 is 5.32 Å². The molecule has 0 fully saturated rings. The second-order valence-corrected chi connectivity index (χ2v) is 7.45. The van der Waals surface area contributed by atoms with Gasteiger partial charge in [0.15, 0.2) is 0 Å². The van der Waals surface area contributed by atoms with Gasteiger partial charge in [0.25, 0.3) is 0 Å². The highest BCUT2D eigenvalue weighted by molar-refractivity contribution is 7.10. The molecule has 0 saturated heterocycles. The van der Waals surface area contributed by atoms with Gasteiger partial charge in [0.2, 0.25) is 0 Å². The molecule has 0 aliphatic rings. The smallest absolute Gasteiger partial charge is 0.0857 e. The van der Waals surface area contributed by atoms with Crippen LogP contribution in [-0.4, -0.2) is 16.1 Å². The molecule has 0 aliphatic carbocycles. The van der Waals surface area contributed by atoms with Gasteiger partial charge in [-0.25, -0.2) is 0 Å². The van der Waals surface area contributed by atoms with Crippen molar-refractivity contribution >= 4 is 22.9 Å². The molecule has 2 heterocycles. The predicted molar refractivity (Wildman–Crippen MR) is 83.0 cm³/mol. The highest BCUT2D eigenvalue weighted by Crippen LogP contribution is 2.32. The van der Waals surface area contributed by atoms with E-state index in [9.17, 15) is 0 Å². The van der Waals surface area contributed by atoms with Gasteiger partial charge in [-0.2, -0.15) is 0 Å². The molecule has 0 aromatic carbocycles. The van der Waals surface area contributed by atoms with Crippen LogP contribution in [0.15, 0.2) is 17.5 Å². The Balaban J connectivity index is 2.26. The zero-order chi connectivity index (χ0) is 13.9. The van der Waals surface area contributed by atoms with Crippen LogP contribution >= 0.6 is 22.9 Å². The maximum absolute atomic E-state index is 4.35. The van der Waals surface area contributed by atoms with Gasteiger partial charge in [-0.15, -0.1) is 16.4 Å². The van der Waals surface area contributed by atoms with Crippen LogP contribution in [0.5, 0.6) is 0 Å².